The van der Waals surface area contributed by atoms with Gasteiger partial charge in [0, 0.05) is 28.7 Å². The summed E-state index contributed by atoms with van der Waals surface area (Å²) in [5.41, 5.74) is 1.65. The lowest BCUT2D eigenvalue weighted by Gasteiger charge is -2.08. The molecule has 0 radical (unpaired) electrons. The van der Waals surface area contributed by atoms with E-state index in [4.69, 9.17) is 4.74 Å². The molecule has 0 saturated heterocycles. The van der Waals surface area contributed by atoms with Crippen molar-refractivity contribution in [1.82, 2.24) is 9.38 Å². The molecule has 1 aromatic carbocycles. The van der Waals surface area contributed by atoms with Crippen LogP contribution in [0, 0.1) is 5.82 Å². The van der Waals surface area contributed by atoms with Crippen LogP contribution in [-0.2, 0) is 11.9 Å². The summed E-state index contributed by atoms with van der Waals surface area (Å²) in [5, 5.41) is 2.54. The normalized spacial score (nSPS) is 11.1. The third-order valence-corrected chi connectivity index (χ3v) is 4.06. The van der Waals surface area contributed by atoms with Gasteiger partial charge in [-0.15, -0.1) is 11.3 Å². The number of nitrogens with zero attached hydrogens (tertiary/aromatic N) is 2. The van der Waals surface area contributed by atoms with E-state index in [9.17, 15) is 4.39 Å². The molecule has 3 nitrogen and oxygen atoms in total. The number of hydrogen-bond acceptors (Lipinski definition) is 3. The molecule has 19 heavy (non-hydrogen) atoms. The molecule has 0 unspecified atom stereocenters. The Morgan fingerprint density at radius 3 is 3.11 bits per heavy atom. The summed E-state index contributed by atoms with van der Waals surface area (Å²) < 4.78 is 20.8. The first kappa shape index (κ1) is 12.6. The highest BCUT2D eigenvalue weighted by Crippen LogP contribution is 2.23. The molecule has 0 aliphatic heterocycles. The zero-order valence-corrected chi connectivity index (χ0v) is 12.2. The van der Waals surface area contributed by atoms with Crippen molar-refractivity contribution in [2.75, 3.05) is 0 Å². The molecule has 6 heteroatoms. The number of aromatic nitrogens is 2. The van der Waals surface area contributed by atoms with Crippen LogP contribution in [0.1, 0.15) is 11.3 Å². The molecule has 0 atom stereocenters. The first-order valence-electron chi connectivity index (χ1n) is 5.64. The van der Waals surface area contributed by atoms with E-state index in [1.807, 2.05) is 22.2 Å². The van der Waals surface area contributed by atoms with Crippen molar-refractivity contribution < 1.29 is 9.13 Å². The minimum atomic E-state index is -0.260. The van der Waals surface area contributed by atoms with Gasteiger partial charge in [-0.2, -0.15) is 0 Å². The van der Waals surface area contributed by atoms with Crippen LogP contribution in [-0.4, -0.2) is 9.38 Å². The lowest BCUT2D eigenvalue weighted by atomic mass is 10.2. The van der Waals surface area contributed by atoms with E-state index < -0.39 is 0 Å². The lowest BCUT2D eigenvalue weighted by Crippen LogP contribution is -1.98. The second kappa shape index (κ2) is 5.30. The Kier molecular flexibility index (Phi) is 3.52. The van der Waals surface area contributed by atoms with Crippen molar-refractivity contribution in [1.29, 1.82) is 0 Å². The van der Waals surface area contributed by atoms with E-state index in [-0.39, 0.29) is 5.82 Å². The van der Waals surface area contributed by atoms with Gasteiger partial charge < -0.3 is 4.74 Å². The van der Waals surface area contributed by atoms with E-state index >= 15 is 0 Å². The third-order valence-electron chi connectivity index (χ3n) is 2.69. The van der Waals surface area contributed by atoms with Gasteiger partial charge >= 0.3 is 0 Å². The fourth-order valence-electron chi connectivity index (χ4n) is 1.79. The first-order chi connectivity index (χ1) is 9.26. The van der Waals surface area contributed by atoms with Crippen LogP contribution in [0.4, 0.5) is 4.39 Å². The van der Waals surface area contributed by atoms with Gasteiger partial charge in [-0.05, 0) is 18.2 Å². The summed E-state index contributed by atoms with van der Waals surface area (Å²) in [6, 6.07) is 4.51. The molecule has 3 rings (SSSR count). The smallest absolute Gasteiger partial charge is 0.193 e. The quantitative estimate of drug-likeness (QED) is 0.671. The van der Waals surface area contributed by atoms with Crippen LogP contribution >= 0.6 is 27.3 Å². The van der Waals surface area contributed by atoms with Crippen LogP contribution in [0.25, 0.3) is 4.96 Å². The Hall–Kier alpha value is -1.40. The minimum absolute atomic E-state index is 0.260. The van der Waals surface area contributed by atoms with Crippen molar-refractivity contribution in [2.24, 2.45) is 0 Å². The largest absolute Gasteiger partial charge is 0.487 e. The molecular weight excluding hydrogens is 331 g/mol. The minimum Gasteiger partial charge on any atom is -0.487 e. The Balaban J connectivity index is 1.77. The van der Waals surface area contributed by atoms with Gasteiger partial charge in [0.05, 0.1) is 5.69 Å². The van der Waals surface area contributed by atoms with Crippen molar-refractivity contribution in [3.63, 3.8) is 0 Å². The van der Waals surface area contributed by atoms with Crippen LogP contribution in [0.2, 0.25) is 0 Å². The van der Waals surface area contributed by atoms with E-state index in [0.717, 1.165) is 16.2 Å². The molecule has 0 bridgehead atoms. The second-order valence-electron chi connectivity index (χ2n) is 4.00. The van der Waals surface area contributed by atoms with Crippen LogP contribution in [0.15, 0.2) is 36.0 Å². The molecule has 0 aliphatic rings. The number of fused-ring (bicyclic) bond motifs is 1. The number of alkyl halides is 1. The van der Waals surface area contributed by atoms with Gasteiger partial charge in [-0.3, -0.25) is 4.40 Å². The maximum absolute atomic E-state index is 13.1. The predicted molar refractivity (Wildman–Crippen MR) is 76.4 cm³/mol. The average molecular weight is 341 g/mol. The topological polar surface area (TPSA) is 26.5 Å². The number of halogens is 2. The first-order valence-corrected chi connectivity index (χ1v) is 7.64. The highest BCUT2D eigenvalue weighted by atomic mass is 79.9. The molecule has 98 valence electrons. The van der Waals surface area contributed by atoms with E-state index in [0.29, 0.717) is 17.7 Å². The summed E-state index contributed by atoms with van der Waals surface area (Å²) >= 11 is 4.90. The van der Waals surface area contributed by atoms with Crippen molar-refractivity contribution in [3.8, 4) is 5.75 Å². The number of ether oxygens (including phenoxy) is 1. The molecule has 2 aromatic heterocycles. The zero-order valence-electron chi connectivity index (χ0n) is 9.85. The lowest BCUT2D eigenvalue weighted by molar-refractivity contribution is 0.299. The maximum Gasteiger partial charge on any atom is 0.193 e. The van der Waals surface area contributed by atoms with Gasteiger partial charge in [0.15, 0.2) is 4.96 Å². The summed E-state index contributed by atoms with van der Waals surface area (Å²) in [4.78, 5) is 5.37. The monoisotopic (exact) mass is 340 g/mol. The number of thiazole rings is 1. The highest BCUT2D eigenvalue weighted by molar-refractivity contribution is 9.08. The molecule has 0 saturated carbocycles. The molecule has 0 N–H and O–H groups in total. The molecule has 3 aromatic rings. The van der Waals surface area contributed by atoms with E-state index in [1.54, 1.807) is 17.4 Å². The molecule has 0 aliphatic carbocycles. The summed E-state index contributed by atoms with van der Waals surface area (Å²) in [5.74, 6) is 0.416. The van der Waals surface area contributed by atoms with Crippen molar-refractivity contribution in [3.05, 3.63) is 53.0 Å². The van der Waals surface area contributed by atoms with Gasteiger partial charge in [-0.1, -0.05) is 15.9 Å². The molecule has 0 amide bonds. The standard InChI is InChI=1S/C13H10BrFN2OS/c14-6-9-5-10(15)1-2-12(9)18-8-11-7-17-3-4-19-13(17)16-11/h1-5,7H,6,8H2. The third kappa shape index (κ3) is 2.64. The predicted octanol–water partition coefficient (Wildman–Crippen LogP) is 4.01. The van der Waals surface area contributed by atoms with Gasteiger partial charge in [0.2, 0.25) is 0 Å². The Morgan fingerprint density at radius 1 is 1.42 bits per heavy atom. The second-order valence-corrected chi connectivity index (χ2v) is 5.43. The number of rotatable bonds is 4. The number of hydrogen-bond donors (Lipinski definition) is 0. The highest BCUT2D eigenvalue weighted by Gasteiger charge is 2.07. The average Bonchev–Trinajstić information content (AvgIpc) is 2.97. The van der Waals surface area contributed by atoms with Gasteiger partial charge in [-0.25, -0.2) is 9.37 Å². The van der Waals surface area contributed by atoms with Crippen molar-refractivity contribution >= 4 is 32.2 Å². The van der Waals surface area contributed by atoms with Crippen molar-refractivity contribution in [2.45, 2.75) is 11.9 Å². The molecule has 0 fully saturated rings. The summed E-state index contributed by atoms with van der Waals surface area (Å²) in [6.45, 7) is 0.375. The maximum atomic E-state index is 13.1. The van der Waals surface area contributed by atoms with Crippen LogP contribution in [0.5, 0.6) is 5.75 Å². The fraction of sp³-hybridized carbons (Fsp3) is 0.154. The summed E-state index contributed by atoms with van der Waals surface area (Å²) in [7, 11) is 0. The van der Waals surface area contributed by atoms with E-state index in [1.165, 1.54) is 12.1 Å². The molecule has 0 spiro atoms. The molecular formula is C13H10BrFN2OS. The van der Waals surface area contributed by atoms with Gasteiger partial charge in [0.1, 0.15) is 18.2 Å². The van der Waals surface area contributed by atoms with Crippen LogP contribution < -0.4 is 4.74 Å². The number of benzene rings is 1. The van der Waals surface area contributed by atoms with Crippen LogP contribution in [0.3, 0.4) is 0 Å². The Morgan fingerprint density at radius 2 is 2.32 bits per heavy atom. The fourth-order valence-corrected chi connectivity index (χ4v) is 2.95. The van der Waals surface area contributed by atoms with E-state index in [2.05, 4.69) is 20.9 Å². The summed E-state index contributed by atoms with van der Waals surface area (Å²) in [6.07, 6.45) is 3.89. The SMILES string of the molecule is Fc1ccc(OCc2cn3ccsc3n2)c(CBr)c1. The molecule has 2 heterocycles. The Labute approximate surface area is 121 Å². The van der Waals surface area contributed by atoms with Gasteiger partial charge in [0.25, 0.3) is 0 Å². The zero-order chi connectivity index (χ0) is 13.2. The Bertz CT molecular complexity index is 681. The number of imidazole rings is 1.